The molecule has 6 heteroatoms. The molecule has 0 aliphatic carbocycles. The van der Waals surface area contributed by atoms with Crippen LogP contribution in [-0.2, 0) is 6.54 Å². The highest BCUT2D eigenvalue weighted by Crippen LogP contribution is 2.32. The number of aromatic nitrogens is 3. The van der Waals surface area contributed by atoms with E-state index in [1.807, 2.05) is 72.6 Å². The van der Waals surface area contributed by atoms with Crippen molar-refractivity contribution < 1.29 is 4.79 Å². The van der Waals surface area contributed by atoms with Crippen LogP contribution in [0.25, 0.3) is 10.9 Å². The van der Waals surface area contributed by atoms with Crippen molar-refractivity contribution in [3.63, 3.8) is 0 Å². The lowest BCUT2D eigenvalue weighted by Gasteiger charge is -2.33. The quantitative estimate of drug-likeness (QED) is 0.526. The molecule has 0 unspecified atom stereocenters. The number of para-hydroxylation sites is 1. The Morgan fingerprint density at radius 3 is 2.81 bits per heavy atom. The predicted molar refractivity (Wildman–Crippen MR) is 127 cm³/mol. The largest absolute Gasteiger partial charge is 0.397 e. The highest BCUT2D eigenvalue weighted by Gasteiger charge is 2.28. The Morgan fingerprint density at radius 1 is 1.16 bits per heavy atom. The fraction of sp³-hybridized carbons (Fsp3) is 0.269. The molecule has 0 bridgehead atoms. The van der Waals surface area contributed by atoms with Crippen molar-refractivity contribution in [1.29, 1.82) is 0 Å². The molecule has 1 aliphatic heterocycles. The third-order valence-corrected chi connectivity index (χ3v) is 6.39. The van der Waals surface area contributed by atoms with Gasteiger partial charge in [0.15, 0.2) is 0 Å². The number of imidazole rings is 1. The van der Waals surface area contributed by atoms with Crippen LogP contribution >= 0.6 is 0 Å². The predicted octanol–water partition coefficient (Wildman–Crippen LogP) is 4.39. The molecule has 0 radical (unpaired) electrons. The van der Waals surface area contributed by atoms with Crippen LogP contribution in [0, 0.1) is 6.92 Å². The third kappa shape index (κ3) is 3.84. The molecular formula is C26H27N5O. The Bertz CT molecular complexity index is 1280. The molecular weight excluding hydrogens is 398 g/mol. The maximum absolute atomic E-state index is 13.6. The minimum atomic E-state index is 0.0717. The average Bonchev–Trinajstić information content (AvgIpc) is 3.23. The van der Waals surface area contributed by atoms with Crippen LogP contribution in [0.15, 0.2) is 67.0 Å². The van der Waals surface area contributed by atoms with Gasteiger partial charge in [0, 0.05) is 48.9 Å². The topological polar surface area (TPSA) is 77.0 Å². The van der Waals surface area contributed by atoms with Crippen molar-refractivity contribution in [3.8, 4) is 0 Å². The molecule has 0 spiro atoms. The number of nitrogen functional groups attached to an aromatic ring is 1. The number of likely N-dealkylation sites (tertiary alicyclic amines) is 1. The standard InChI is InChI=1S/C26H27N5O/c1-18-28-12-14-30(18)16-20-8-2-4-10-22(20)26(32)31-13-6-9-21(17-31)25-23(27)15-19-7-3-5-11-24(19)29-25/h2-5,7-8,10-12,14-15,21H,6,9,13,16-17,27H2,1H3/t21-/m1/s1. The second-order valence-corrected chi connectivity index (χ2v) is 8.51. The minimum absolute atomic E-state index is 0.0717. The van der Waals surface area contributed by atoms with E-state index < -0.39 is 0 Å². The molecule has 2 N–H and O–H groups in total. The van der Waals surface area contributed by atoms with Crippen molar-refractivity contribution in [2.75, 3.05) is 18.8 Å². The molecule has 5 rings (SSSR count). The molecule has 32 heavy (non-hydrogen) atoms. The average molecular weight is 426 g/mol. The molecule has 2 aromatic heterocycles. The summed E-state index contributed by atoms with van der Waals surface area (Å²) in [6, 6.07) is 17.9. The number of hydrogen-bond acceptors (Lipinski definition) is 4. The van der Waals surface area contributed by atoms with E-state index in [1.165, 1.54) is 0 Å². The van der Waals surface area contributed by atoms with E-state index in [1.54, 1.807) is 6.20 Å². The normalized spacial score (nSPS) is 16.4. The van der Waals surface area contributed by atoms with Crippen molar-refractivity contribution >= 4 is 22.5 Å². The van der Waals surface area contributed by atoms with E-state index in [0.29, 0.717) is 18.8 Å². The Balaban J connectivity index is 1.40. The molecule has 1 fully saturated rings. The van der Waals surface area contributed by atoms with E-state index in [0.717, 1.165) is 52.9 Å². The molecule has 2 aromatic carbocycles. The number of aryl methyl sites for hydroxylation is 1. The Kier molecular flexibility index (Phi) is 5.35. The summed E-state index contributed by atoms with van der Waals surface area (Å²) in [5, 5.41) is 1.04. The number of rotatable bonds is 4. The van der Waals surface area contributed by atoms with E-state index >= 15 is 0 Å². The van der Waals surface area contributed by atoms with E-state index in [9.17, 15) is 4.79 Å². The van der Waals surface area contributed by atoms with Gasteiger partial charge < -0.3 is 15.2 Å². The maximum Gasteiger partial charge on any atom is 0.254 e. The fourth-order valence-corrected chi connectivity index (χ4v) is 4.65. The van der Waals surface area contributed by atoms with Crippen LogP contribution in [0.5, 0.6) is 0 Å². The number of benzene rings is 2. The zero-order chi connectivity index (χ0) is 22.1. The number of nitrogens with zero attached hydrogens (tertiary/aromatic N) is 4. The van der Waals surface area contributed by atoms with Gasteiger partial charge in [0.2, 0.25) is 0 Å². The Labute approximate surface area is 187 Å². The number of fused-ring (bicyclic) bond motifs is 1. The van der Waals surface area contributed by atoms with E-state index in [-0.39, 0.29) is 11.8 Å². The smallest absolute Gasteiger partial charge is 0.254 e. The SMILES string of the molecule is Cc1nccn1Cc1ccccc1C(=O)N1CCC[C@@H](c2nc3ccccc3cc2N)C1. The zero-order valence-electron chi connectivity index (χ0n) is 18.2. The first kappa shape index (κ1) is 20.2. The lowest BCUT2D eigenvalue weighted by Crippen LogP contribution is -2.40. The summed E-state index contributed by atoms with van der Waals surface area (Å²) in [4.78, 5) is 24.7. The van der Waals surface area contributed by atoms with Gasteiger partial charge in [0.05, 0.1) is 16.9 Å². The number of carbonyl (C=O) groups excluding carboxylic acids is 1. The highest BCUT2D eigenvalue weighted by atomic mass is 16.2. The van der Waals surface area contributed by atoms with Crippen LogP contribution < -0.4 is 5.73 Å². The summed E-state index contributed by atoms with van der Waals surface area (Å²) in [6.45, 7) is 3.99. The van der Waals surface area contributed by atoms with Crippen LogP contribution in [0.1, 0.15) is 46.2 Å². The molecule has 162 valence electrons. The number of hydrogen-bond donors (Lipinski definition) is 1. The lowest BCUT2D eigenvalue weighted by atomic mass is 9.92. The molecule has 1 amide bonds. The van der Waals surface area contributed by atoms with Crippen molar-refractivity contribution in [2.24, 2.45) is 0 Å². The van der Waals surface area contributed by atoms with E-state index in [4.69, 9.17) is 10.7 Å². The summed E-state index contributed by atoms with van der Waals surface area (Å²) in [7, 11) is 0. The molecule has 1 atom stereocenters. The Morgan fingerprint density at radius 2 is 1.97 bits per heavy atom. The van der Waals surface area contributed by atoms with Crippen molar-refractivity contribution in [1.82, 2.24) is 19.4 Å². The molecule has 1 saturated heterocycles. The first-order chi connectivity index (χ1) is 15.6. The highest BCUT2D eigenvalue weighted by molar-refractivity contribution is 5.96. The van der Waals surface area contributed by atoms with Crippen molar-refractivity contribution in [2.45, 2.75) is 32.2 Å². The third-order valence-electron chi connectivity index (χ3n) is 6.39. The lowest BCUT2D eigenvalue weighted by molar-refractivity contribution is 0.0705. The van der Waals surface area contributed by atoms with Crippen LogP contribution in [0.4, 0.5) is 5.69 Å². The number of piperidine rings is 1. The van der Waals surface area contributed by atoms with Gasteiger partial charge in [0.1, 0.15) is 5.82 Å². The molecule has 4 aromatic rings. The zero-order valence-corrected chi connectivity index (χ0v) is 18.2. The van der Waals surface area contributed by atoms with Crippen LogP contribution in [0.3, 0.4) is 0 Å². The molecule has 1 aliphatic rings. The Hall–Kier alpha value is -3.67. The first-order valence-electron chi connectivity index (χ1n) is 11.1. The van der Waals surface area contributed by atoms with Crippen LogP contribution in [-0.4, -0.2) is 38.4 Å². The summed E-state index contributed by atoms with van der Waals surface area (Å²) in [5.74, 6) is 1.14. The second kappa shape index (κ2) is 8.46. The maximum atomic E-state index is 13.6. The molecule has 3 heterocycles. The second-order valence-electron chi connectivity index (χ2n) is 8.51. The van der Waals surface area contributed by atoms with Gasteiger partial charge in [-0.2, -0.15) is 0 Å². The van der Waals surface area contributed by atoms with Crippen molar-refractivity contribution in [3.05, 3.63) is 89.6 Å². The van der Waals surface area contributed by atoms with E-state index in [2.05, 4.69) is 9.55 Å². The fourth-order valence-electron chi connectivity index (χ4n) is 4.65. The number of carbonyl (C=O) groups is 1. The summed E-state index contributed by atoms with van der Waals surface area (Å²) < 4.78 is 2.06. The number of pyridine rings is 1. The summed E-state index contributed by atoms with van der Waals surface area (Å²) >= 11 is 0. The van der Waals surface area contributed by atoms with Gasteiger partial charge in [-0.3, -0.25) is 9.78 Å². The molecule has 6 nitrogen and oxygen atoms in total. The van der Waals surface area contributed by atoms with Gasteiger partial charge in [-0.05, 0) is 43.5 Å². The molecule has 0 saturated carbocycles. The van der Waals surface area contributed by atoms with Gasteiger partial charge in [0.25, 0.3) is 5.91 Å². The number of anilines is 1. The van der Waals surface area contributed by atoms with Gasteiger partial charge >= 0.3 is 0 Å². The van der Waals surface area contributed by atoms with Crippen LogP contribution in [0.2, 0.25) is 0 Å². The minimum Gasteiger partial charge on any atom is -0.397 e. The monoisotopic (exact) mass is 425 g/mol. The number of nitrogens with two attached hydrogens (primary N) is 1. The summed E-state index contributed by atoms with van der Waals surface area (Å²) in [6.07, 6.45) is 5.65. The van der Waals surface area contributed by atoms with Gasteiger partial charge in [-0.1, -0.05) is 36.4 Å². The van der Waals surface area contributed by atoms with Gasteiger partial charge in [-0.15, -0.1) is 0 Å². The van der Waals surface area contributed by atoms with Gasteiger partial charge in [-0.25, -0.2) is 4.98 Å². The first-order valence-corrected chi connectivity index (χ1v) is 11.1. The number of amides is 1. The summed E-state index contributed by atoms with van der Waals surface area (Å²) in [5.41, 5.74) is 10.7.